The lowest BCUT2D eigenvalue weighted by Gasteiger charge is -2.30. The van der Waals surface area contributed by atoms with Crippen molar-refractivity contribution in [2.24, 2.45) is 5.92 Å². The molecule has 4 rings (SSSR count). The van der Waals surface area contributed by atoms with Crippen molar-refractivity contribution >= 4 is 55.6 Å². The maximum Gasteiger partial charge on any atom is 0.257 e. The minimum atomic E-state index is -3.56. The van der Waals surface area contributed by atoms with Gasteiger partial charge in [0.15, 0.2) is 5.13 Å². The van der Waals surface area contributed by atoms with Crippen molar-refractivity contribution in [3.63, 3.8) is 0 Å². The number of halogens is 2. The average Bonchev–Trinajstić information content (AvgIpc) is 3.24. The van der Waals surface area contributed by atoms with Gasteiger partial charge in [-0.15, -0.1) is 11.3 Å². The van der Waals surface area contributed by atoms with Crippen molar-refractivity contribution in [2.75, 3.05) is 18.4 Å². The van der Waals surface area contributed by atoms with Crippen LogP contribution in [-0.2, 0) is 10.0 Å². The van der Waals surface area contributed by atoms with E-state index in [1.807, 2.05) is 5.38 Å². The van der Waals surface area contributed by atoms with E-state index < -0.39 is 10.0 Å². The minimum Gasteiger partial charge on any atom is -0.298 e. The van der Waals surface area contributed by atoms with E-state index in [-0.39, 0.29) is 10.8 Å². The quantitative estimate of drug-likeness (QED) is 0.471. The number of thiazole rings is 1. The highest BCUT2D eigenvalue weighted by Crippen LogP contribution is 2.31. The van der Waals surface area contributed by atoms with E-state index in [9.17, 15) is 13.2 Å². The number of nitrogens with zero attached hydrogens (tertiary/aromatic N) is 2. The number of benzene rings is 2. The first-order chi connectivity index (χ1) is 15.2. The Morgan fingerprint density at radius 1 is 1.16 bits per heavy atom. The Balaban J connectivity index is 1.45. The number of anilines is 1. The molecule has 0 bridgehead atoms. The van der Waals surface area contributed by atoms with Gasteiger partial charge in [-0.3, -0.25) is 10.1 Å². The zero-order valence-electron chi connectivity index (χ0n) is 17.2. The smallest absolute Gasteiger partial charge is 0.257 e. The van der Waals surface area contributed by atoms with Gasteiger partial charge in [0.25, 0.3) is 5.91 Å². The fourth-order valence-corrected chi connectivity index (χ4v) is 6.19. The average molecular weight is 510 g/mol. The summed E-state index contributed by atoms with van der Waals surface area (Å²) >= 11 is 13.3. The zero-order chi connectivity index (χ0) is 22.9. The van der Waals surface area contributed by atoms with E-state index in [1.54, 1.807) is 18.2 Å². The number of rotatable bonds is 5. The molecule has 1 N–H and O–H groups in total. The fraction of sp³-hybridized carbons (Fsp3) is 0.273. The highest BCUT2D eigenvalue weighted by atomic mass is 35.5. The summed E-state index contributed by atoms with van der Waals surface area (Å²) in [6.45, 7) is 3.11. The Morgan fingerprint density at radius 2 is 1.91 bits per heavy atom. The molecule has 6 nitrogen and oxygen atoms in total. The zero-order valence-corrected chi connectivity index (χ0v) is 20.4. The van der Waals surface area contributed by atoms with Gasteiger partial charge in [-0.1, -0.05) is 36.2 Å². The molecule has 1 aliphatic heterocycles. The molecule has 0 aliphatic carbocycles. The molecule has 1 unspecified atom stereocenters. The summed E-state index contributed by atoms with van der Waals surface area (Å²) in [4.78, 5) is 17.2. The number of aromatic nitrogens is 1. The van der Waals surface area contributed by atoms with Gasteiger partial charge in [-0.05, 0) is 55.2 Å². The predicted molar refractivity (Wildman–Crippen MR) is 129 cm³/mol. The largest absolute Gasteiger partial charge is 0.298 e. The summed E-state index contributed by atoms with van der Waals surface area (Å²) in [5.74, 6) is -0.0220. The van der Waals surface area contributed by atoms with Gasteiger partial charge in [0.2, 0.25) is 10.0 Å². The lowest BCUT2D eigenvalue weighted by atomic mass is 10.0. The lowest BCUT2D eigenvalue weighted by Crippen LogP contribution is -2.39. The van der Waals surface area contributed by atoms with Gasteiger partial charge in [0.05, 0.1) is 20.6 Å². The van der Waals surface area contributed by atoms with Crippen LogP contribution in [0.25, 0.3) is 11.3 Å². The molecular weight excluding hydrogens is 489 g/mol. The van der Waals surface area contributed by atoms with Crippen molar-refractivity contribution in [3.8, 4) is 11.3 Å². The predicted octanol–water partition coefficient (Wildman–Crippen LogP) is 5.79. The summed E-state index contributed by atoms with van der Waals surface area (Å²) in [6.07, 6.45) is 1.90. The SMILES string of the molecule is CC1CCCN(S(=O)(=O)c2ccc(C(=O)Nc3nc(-c4ccc(Cl)c(Cl)c4)cs3)cc2)C1. The van der Waals surface area contributed by atoms with Crippen molar-refractivity contribution in [1.82, 2.24) is 9.29 Å². The summed E-state index contributed by atoms with van der Waals surface area (Å²) < 4.78 is 27.3. The van der Waals surface area contributed by atoms with Crippen LogP contribution < -0.4 is 5.32 Å². The van der Waals surface area contributed by atoms with Crippen LogP contribution in [0.4, 0.5) is 5.13 Å². The number of piperidine rings is 1. The van der Waals surface area contributed by atoms with Crippen LogP contribution in [0.2, 0.25) is 10.0 Å². The number of carbonyl (C=O) groups excluding carboxylic acids is 1. The molecule has 3 aromatic rings. The number of carbonyl (C=O) groups is 1. The highest BCUT2D eigenvalue weighted by molar-refractivity contribution is 7.89. The van der Waals surface area contributed by atoms with E-state index in [0.717, 1.165) is 18.4 Å². The second-order valence-electron chi connectivity index (χ2n) is 7.76. The van der Waals surface area contributed by atoms with Gasteiger partial charge in [-0.2, -0.15) is 4.31 Å². The Bertz CT molecular complexity index is 1240. The van der Waals surface area contributed by atoms with Gasteiger partial charge < -0.3 is 0 Å². The summed E-state index contributed by atoms with van der Waals surface area (Å²) in [5.41, 5.74) is 1.81. The van der Waals surface area contributed by atoms with Crippen molar-refractivity contribution < 1.29 is 13.2 Å². The van der Waals surface area contributed by atoms with E-state index in [1.165, 1.54) is 39.9 Å². The molecule has 1 saturated heterocycles. The summed E-state index contributed by atoms with van der Waals surface area (Å²) in [7, 11) is -3.56. The molecule has 2 aromatic carbocycles. The number of hydrogen-bond donors (Lipinski definition) is 1. The monoisotopic (exact) mass is 509 g/mol. The third-order valence-electron chi connectivity index (χ3n) is 5.31. The van der Waals surface area contributed by atoms with Crippen molar-refractivity contribution in [2.45, 2.75) is 24.7 Å². The molecule has 0 saturated carbocycles. The molecule has 1 atom stereocenters. The third kappa shape index (κ3) is 5.00. The Hall–Kier alpha value is -1.97. The van der Waals surface area contributed by atoms with Crippen LogP contribution in [0.5, 0.6) is 0 Å². The Kier molecular flexibility index (Phi) is 6.88. The number of sulfonamides is 1. The first kappa shape index (κ1) is 23.2. The molecule has 1 aliphatic rings. The van der Waals surface area contributed by atoms with Crippen LogP contribution in [-0.4, -0.2) is 36.7 Å². The van der Waals surface area contributed by atoms with Gasteiger partial charge in [0.1, 0.15) is 0 Å². The molecular formula is C22H21Cl2N3O3S2. The molecule has 0 spiro atoms. The maximum atomic E-state index is 12.9. The number of nitrogens with one attached hydrogen (secondary N) is 1. The summed E-state index contributed by atoms with van der Waals surface area (Å²) in [6, 6.07) is 11.2. The standard InChI is InChI=1S/C22H21Cl2N3O3S2/c1-14-3-2-10-27(12-14)32(29,30)17-7-4-15(5-8-17)21(28)26-22-25-20(13-31-22)16-6-9-18(23)19(24)11-16/h4-9,11,13-14H,2-3,10,12H2,1H3,(H,25,26,28). The van der Waals surface area contributed by atoms with E-state index >= 15 is 0 Å². The number of amides is 1. The first-order valence-electron chi connectivity index (χ1n) is 10.1. The van der Waals surface area contributed by atoms with Crippen LogP contribution in [0.1, 0.15) is 30.1 Å². The number of hydrogen-bond acceptors (Lipinski definition) is 5. The van der Waals surface area contributed by atoms with E-state index in [0.29, 0.717) is 45.4 Å². The van der Waals surface area contributed by atoms with Crippen LogP contribution in [0.3, 0.4) is 0 Å². The van der Waals surface area contributed by atoms with Crippen molar-refractivity contribution in [1.29, 1.82) is 0 Å². The molecule has 0 radical (unpaired) electrons. The molecule has 1 aromatic heterocycles. The Morgan fingerprint density at radius 3 is 2.59 bits per heavy atom. The van der Waals surface area contributed by atoms with Crippen LogP contribution >= 0.6 is 34.5 Å². The van der Waals surface area contributed by atoms with Crippen molar-refractivity contribution in [3.05, 3.63) is 63.5 Å². The normalized spacial score (nSPS) is 17.3. The maximum absolute atomic E-state index is 12.9. The van der Waals surface area contributed by atoms with Gasteiger partial charge in [-0.25, -0.2) is 13.4 Å². The fourth-order valence-electron chi connectivity index (χ4n) is 3.58. The van der Waals surface area contributed by atoms with E-state index in [4.69, 9.17) is 23.2 Å². The summed E-state index contributed by atoms with van der Waals surface area (Å²) in [5, 5.41) is 5.87. The topological polar surface area (TPSA) is 79.4 Å². The molecule has 1 fully saturated rings. The molecule has 1 amide bonds. The van der Waals surface area contributed by atoms with Crippen LogP contribution in [0, 0.1) is 5.92 Å². The Labute approximate surface area is 201 Å². The second kappa shape index (κ2) is 9.49. The second-order valence-corrected chi connectivity index (χ2v) is 11.4. The van der Waals surface area contributed by atoms with Gasteiger partial charge in [0, 0.05) is 29.6 Å². The molecule has 168 valence electrons. The van der Waals surface area contributed by atoms with Crippen LogP contribution in [0.15, 0.2) is 52.7 Å². The lowest BCUT2D eigenvalue weighted by molar-refractivity contribution is 0.102. The first-order valence-corrected chi connectivity index (χ1v) is 13.1. The highest BCUT2D eigenvalue weighted by Gasteiger charge is 2.28. The molecule has 2 heterocycles. The minimum absolute atomic E-state index is 0.194. The molecule has 10 heteroatoms. The van der Waals surface area contributed by atoms with E-state index in [2.05, 4.69) is 17.2 Å². The third-order valence-corrected chi connectivity index (χ3v) is 8.69. The molecule has 32 heavy (non-hydrogen) atoms. The van der Waals surface area contributed by atoms with Gasteiger partial charge >= 0.3 is 0 Å².